The van der Waals surface area contributed by atoms with Gasteiger partial charge in [-0.3, -0.25) is 4.79 Å². The zero-order valence-electron chi connectivity index (χ0n) is 11.0. The van der Waals surface area contributed by atoms with Crippen molar-refractivity contribution in [1.29, 1.82) is 0 Å². The third-order valence-electron chi connectivity index (χ3n) is 2.42. The highest BCUT2D eigenvalue weighted by Crippen LogP contribution is 2.27. The number of hydrogen-bond donors (Lipinski definition) is 2. The Kier molecular flexibility index (Phi) is 5.85. The molecule has 1 rings (SSSR count). The number of rotatable bonds is 6. The molecule has 3 N–H and O–H groups in total. The Bertz CT molecular complexity index is 410. The molecule has 1 aromatic carbocycles. The predicted molar refractivity (Wildman–Crippen MR) is 78.2 cm³/mol. The largest absolute Gasteiger partial charge is 0.495 e. The summed E-state index contributed by atoms with van der Waals surface area (Å²) in [6, 6.07) is 5.19. The summed E-state index contributed by atoms with van der Waals surface area (Å²) in [7, 11) is 1.57. The third kappa shape index (κ3) is 4.14. The van der Waals surface area contributed by atoms with Crippen LogP contribution in [0.2, 0.25) is 0 Å². The van der Waals surface area contributed by atoms with Crippen LogP contribution in [0.3, 0.4) is 0 Å². The molecule has 4 nitrogen and oxygen atoms in total. The van der Waals surface area contributed by atoms with E-state index < -0.39 is 0 Å². The fourth-order valence-corrected chi connectivity index (χ4v) is 2.23. The molecule has 0 aromatic heterocycles. The molecule has 0 fully saturated rings. The Hall–Kier alpha value is -1.36. The summed E-state index contributed by atoms with van der Waals surface area (Å²) in [4.78, 5) is 12.0. The lowest BCUT2D eigenvalue weighted by Crippen LogP contribution is -2.23. The van der Waals surface area contributed by atoms with Gasteiger partial charge in [0.1, 0.15) is 5.75 Å². The Balaban J connectivity index is 2.71. The number of anilines is 2. The van der Waals surface area contributed by atoms with E-state index in [1.165, 1.54) is 0 Å². The van der Waals surface area contributed by atoms with Gasteiger partial charge in [0.25, 0.3) is 0 Å². The maximum atomic E-state index is 12.0. The lowest BCUT2D eigenvalue weighted by Gasteiger charge is -2.14. The predicted octanol–water partition coefficient (Wildman–Crippen LogP) is 2.75. The fraction of sp³-hybridized carbons (Fsp3) is 0.462. The van der Waals surface area contributed by atoms with E-state index in [4.69, 9.17) is 10.5 Å². The van der Waals surface area contributed by atoms with Crippen LogP contribution in [0.4, 0.5) is 11.4 Å². The fourth-order valence-electron chi connectivity index (χ4n) is 1.43. The zero-order valence-corrected chi connectivity index (χ0v) is 11.8. The number of carbonyl (C=O) groups excluding carboxylic acids is 1. The van der Waals surface area contributed by atoms with Gasteiger partial charge in [-0.1, -0.05) is 6.92 Å². The summed E-state index contributed by atoms with van der Waals surface area (Å²) in [6.07, 6.45) is 1.06. The zero-order chi connectivity index (χ0) is 13.5. The number of nitrogens with two attached hydrogens (primary N) is 1. The summed E-state index contributed by atoms with van der Waals surface area (Å²) in [5.41, 5.74) is 6.92. The Morgan fingerprint density at radius 1 is 1.56 bits per heavy atom. The van der Waals surface area contributed by atoms with E-state index in [0.717, 1.165) is 12.2 Å². The molecule has 0 radical (unpaired) electrons. The quantitative estimate of drug-likeness (QED) is 0.779. The molecule has 0 spiro atoms. The van der Waals surface area contributed by atoms with Crippen LogP contribution in [0.5, 0.6) is 5.75 Å². The minimum Gasteiger partial charge on any atom is -0.495 e. The van der Waals surface area contributed by atoms with E-state index >= 15 is 0 Å². The van der Waals surface area contributed by atoms with Gasteiger partial charge in [0.15, 0.2) is 0 Å². The van der Waals surface area contributed by atoms with Gasteiger partial charge in [-0.05, 0) is 37.3 Å². The normalized spacial score (nSPS) is 11.9. The summed E-state index contributed by atoms with van der Waals surface area (Å²) >= 11 is 1.64. The Labute approximate surface area is 112 Å². The second-order valence-electron chi connectivity index (χ2n) is 3.96. The van der Waals surface area contributed by atoms with Crippen LogP contribution < -0.4 is 15.8 Å². The van der Waals surface area contributed by atoms with E-state index in [1.54, 1.807) is 37.1 Å². The van der Waals surface area contributed by atoms with Crippen molar-refractivity contribution >= 4 is 29.0 Å². The van der Waals surface area contributed by atoms with E-state index in [1.807, 2.05) is 6.92 Å². The van der Waals surface area contributed by atoms with Crippen LogP contribution in [0.15, 0.2) is 18.2 Å². The minimum atomic E-state index is -0.0870. The molecule has 0 aliphatic heterocycles. The maximum absolute atomic E-state index is 12.0. The smallest absolute Gasteiger partial charge is 0.237 e. The van der Waals surface area contributed by atoms with Crippen LogP contribution in [0.1, 0.15) is 20.3 Å². The van der Waals surface area contributed by atoms with Crippen LogP contribution >= 0.6 is 11.8 Å². The first kappa shape index (κ1) is 14.7. The first-order chi connectivity index (χ1) is 8.58. The average molecular weight is 268 g/mol. The number of ether oxygens (including phenoxy) is 1. The molecule has 5 heteroatoms. The number of benzene rings is 1. The molecular weight excluding hydrogens is 248 g/mol. The van der Waals surface area contributed by atoms with Crippen LogP contribution in [-0.2, 0) is 4.79 Å². The van der Waals surface area contributed by atoms with Crippen LogP contribution in [0, 0.1) is 0 Å². The van der Waals surface area contributed by atoms with Crippen molar-refractivity contribution in [3.63, 3.8) is 0 Å². The van der Waals surface area contributed by atoms with Crippen molar-refractivity contribution in [3.05, 3.63) is 18.2 Å². The van der Waals surface area contributed by atoms with Gasteiger partial charge >= 0.3 is 0 Å². The molecule has 0 heterocycles. The van der Waals surface area contributed by atoms with E-state index in [2.05, 4.69) is 12.2 Å². The number of amides is 1. The van der Waals surface area contributed by atoms with E-state index in [0.29, 0.717) is 17.1 Å². The monoisotopic (exact) mass is 268 g/mol. The lowest BCUT2D eigenvalue weighted by molar-refractivity contribution is -0.115. The molecule has 0 saturated heterocycles. The van der Waals surface area contributed by atoms with Crippen molar-refractivity contribution in [3.8, 4) is 5.75 Å². The Morgan fingerprint density at radius 3 is 2.89 bits per heavy atom. The maximum Gasteiger partial charge on any atom is 0.237 e. The first-order valence-corrected chi connectivity index (χ1v) is 6.99. The summed E-state index contributed by atoms with van der Waals surface area (Å²) in [6.45, 7) is 3.99. The second kappa shape index (κ2) is 7.16. The average Bonchev–Trinajstić information content (AvgIpc) is 2.36. The second-order valence-corrected chi connectivity index (χ2v) is 5.41. The van der Waals surface area contributed by atoms with E-state index in [-0.39, 0.29) is 11.2 Å². The summed E-state index contributed by atoms with van der Waals surface area (Å²) < 4.78 is 5.19. The third-order valence-corrected chi connectivity index (χ3v) is 3.78. The van der Waals surface area contributed by atoms with Gasteiger partial charge in [0, 0.05) is 5.69 Å². The number of methoxy groups -OCH3 is 1. The van der Waals surface area contributed by atoms with Gasteiger partial charge in [0.05, 0.1) is 18.0 Å². The van der Waals surface area contributed by atoms with Crippen molar-refractivity contribution in [2.24, 2.45) is 0 Å². The van der Waals surface area contributed by atoms with Gasteiger partial charge in [0.2, 0.25) is 5.91 Å². The first-order valence-electron chi connectivity index (χ1n) is 5.94. The number of nitrogen functional groups attached to an aromatic ring is 1. The number of hydrogen-bond acceptors (Lipinski definition) is 4. The topological polar surface area (TPSA) is 64.4 Å². The van der Waals surface area contributed by atoms with Crippen molar-refractivity contribution < 1.29 is 9.53 Å². The molecule has 1 amide bonds. The van der Waals surface area contributed by atoms with Crippen LogP contribution in [-0.4, -0.2) is 24.0 Å². The SMILES string of the molecule is CCCSC(C)C(=O)Nc1cc(N)ccc1OC. The number of carbonyl (C=O) groups is 1. The molecule has 0 bridgehead atoms. The summed E-state index contributed by atoms with van der Waals surface area (Å²) in [5, 5.41) is 2.76. The molecular formula is C13H20N2O2S. The highest BCUT2D eigenvalue weighted by Gasteiger charge is 2.15. The standard InChI is InChI=1S/C13H20N2O2S/c1-4-7-18-9(2)13(16)15-11-8-10(14)5-6-12(11)17-3/h5-6,8-9H,4,7,14H2,1-3H3,(H,15,16). The molecule has 0 aliphatic rings. The van der Waals surface area contributed by atoms with E-state index in [9.17, 15) is 4.79 Å². The molecule has 0 aliphatic carbocycles. The van der Waals surface area contributed by atoms with Gasteiger partial charge < -0.3 is 15.8 Å². The van der Waals surface area contributed by atoms with Crippen molar-refractivity contribution in [1.82, 2.24) is 0 Å². The number of thioether (sulfide) groups is 1. The molecule has 1 atom stereocenters. The highest BCUT2D eigenvalue weighted by atomic mass is 32.2. The molecule has 100 valence electrons. The van der Waals surface area contributed by atoms with Gasteiger partial charge in [-0.25, -0.2) is 0 Å². The lowest BCUT2D eigenvalue weighted by atomic mass is 10.2. The van der Waals surface area contributed by atoms with Gasteiger partial charge in [-0.15, -0.1) is 11.8 Å². The van der Waals surface area contributed by atoms with Crippen molar-refractivity contribution in [2.75, 3.05) is 23.9 Å². The Morgan fingerprint density at radius 2 is 2.28 bits per heavy atom. The van der Waals surface area contributed by atoms with Crippen LogP contribution in [0.25, 0.3) is 0 Å². The molecule has 1 aromatic rings. The van der Waals surface area contributed by atoms with Crippen molar-refractivity contribution in [2.45, 2.75) is 25.5 Å². The molecule has 1 unspecified atom stereocenters. The highest BCUT2D eigenvalue weighted by molar-refractivity contribution is 8.00. The summed E-state index contributed by atoms with van der Waals surface area (Å²) in [5.74, 6) is 1.56. The molecule has 18 heavy (non-hydrogen) atoms. The van der Waals surface area contributed by atoms with Gasteiger partial charge in [-0.2, -0.15) is 0 Å². The minimum absolute atomic E-state index is 0.0302. The number of nitrogens with one attached hydrogen (secondary N) is 1. The molecule has 0 saturated carbocycles.